The molecule has 2 heteroatoms. The Hall–Kier alpha value is -1.64. The fourth-order valence-corrected chi connectivity index (χ4v) is 4.87. The van der Waals surface area contributed by atoms with Crippen LogP contribution >= 0.6 is 0 Å². The number of benzene rings is 2. The van der Waals surface area contributed by atoms with Gasteiger partial charge in [-0.2, -0.15) is 0 Å². The highest BCUT2D eigenvalue weighted by Gasteiger charge is 2.45. The first kappa shape index (κ1) is 12.9. The molecule has 0 amide bonds. The second kappa shape index (κ2) is 4.94. The van der Waals surface area contributed by atoms with E-state index in [9.17, 15) is 0 Å². The van der Waals surface area contributed by atoms with Crippen LogP contribution in [0.4, 0.5) is 0 Å². The summed E-state index contributed by atoms with van der Waals surface area (Å²) in [4.78, 5) is 2.67. The molecular weight excluding hydrogens is 270 g/mol. The van der Waals surface area contributed by atoms with Gasteiger partial charge in [-0.25, -0.2) is 0 Å². The molecule has 0 N–H and O–H groups in total. The average Bonchev–Trinajstić information content (AvgIpc) is 2.62. The highest BCUT2D eigenvalue weighted by atomic mass is 16.5. The van der Waals surface area contributed by atoms with Crippen LogP contribution in [-0.4, -0.2) is 37.2 Å². The van der Waals surface area contributed by atoms with Gasteiger partial charge in [0, 0.05) is 31.0 Å². The molecular formula is C20H21NO. The van der Waals surface area contributed by atoms with E-state index in [2.05, 4.69) is 53.4 Å². The van der Waals surface area contributed by atoms with E-state index in [1.807, 2.05) is 0 Å². The van der Waals surface area contributed by atoms with E-state index in [0.717, 1.165) is 26.3 Å². The molecule has 0 spiro atoms. The topological polar surface area (TPSA) is 12.5 Å². The molecule has 0 radical (unpaired) electrons. The molecule has 0 aromatic heterocycles. The zero-order chi connectivity index (χ0) is 14.5. The summed E-state index contributed by atoms with van der Waals surface area (Å²) in [6.07, 6.45) is 1.26. The lowest BCUT2D eigenvalue weighted by Crippen LogP contribution is -2.50. The van der Waals surface area contributed by atoms with Crippen LogP contribution in [0, 0.1) is 0 Å². The second-order valence-corrected chi connectivity index (χ2v) is 6.74. The van der Waals surface area contributed by atoms with Crippen LogP contribution < -0.4 is 0 Å². The van der Waals surface area contributed by atoms with E-state index in [1.54, 1.807) is 22.3 Å². The van der Waals surface area contributed by atoms with Crippen molar-refractivity contribution in [3.05, 3.63) is 70.8 Å². The van der Waals surface area contributed by atoms with Gasteiger partial charge in [-0.1, -0.05) is 48.5 Å². The molecule has 6 rings (SSSR count). The molecule has 0 saturated carbocycles. The Morgan fingerprint density at radius 3 is 1.91 bits per heavy atom. The van der Waals surface area contributed by atoms with E-state index in [4.69, 9.17) is 4.74 Å². The maximum absolute atomic E-state index is 5.57. The zero-order valence-electron chi connectivity index (χ0n) is 12.7. The molecule has 2 aromatic carbocycles. The van der Waals surface area contributed by atoms with Crippen LogP contribution in [0.3, 0.4) is 0 Å². The van der Waals surface area contributed by atoms with Crippen LogP contribution in [0.1, 0.15) is 40.5 Å². The molecule has 2 aromatic rings. The molecule has 1 saturated heterocycles. The van der Waals surface area contributed by atoms with Crippen molar-refractivity contribution in [2.24, 2.45) is 0 Å². The summed E-state index contributed by atoms with van der Waals surface area (Å²) in [5, 5.41) is 0. The molecule has 2 bridgehead atoms. The van der Waals surface area contributed by atoms with Gasteiger partial charge in [-0.05, 0) is 28.7 Å². The molecule has 4 aliphatic rings. The van der Waals surface area contributed by atoms with E-state index >= 15 is 0 Å². The van der Waals surface area contributed by atoms with Gasteiger partial charge in [0.25, 0.3) is 0 Å². The number of hydrogen-bond acceptors (Lipinski definition) is 2. The van der Waals surface area contributed by atoms with E-state index < -0.39 is 0 Å². The number of rotatable bonds is 1. The Balaban J connectivity index is 1.65. The predicted octanol–water partition coefficient (Wildman–Crippen LogP) is 3.37. The first-order chi connectivity index (χ1) is 10.9. The third kappa shape index (κ3) is 1.74. The van der Waals surface area contributed by atoms with Crippen molar-refractivity contribution >= 4 is 0 Å². The number of nitrogens with zero attached hydrogens (tertiary/aromatic N) is 1. The van der Waals surface area contributed by atoms with Crippen molar-refractivity contribution in [3.63, 3.8) is 0 Å². The maximum Gasteiger partial charge on any atom is 0.0594 e. The van der Waals surface area contributed by atoms with Gasteiger partial charge in [-0.15, -0.1) is 0 Å². The SMILES string of the molecule is c1ccc2c(c1)C1CC(N3CCOCC3)C2c2ccccc21. The van der Waals surface area contributed by atoms with Crippen molar-refractivity contribution in [1.82, 2.24) is 4.90 Å². The van der Waals surface area contributed by atoms with E-state index in [-0.39, 0.29) is 0 Å². The lowest BCUT2D eigenvalue weighted by atomic mass is 9.61. The summed E-state index contributed by atoms with van der Waals surface area (Å²) in [5.41, 5.74) is 6.26. The number of ether oxygens (including phenoxy) is 1. The van der Waals surface area contributed by atoms with Crippen molar-refractivity contribution < 1.29 is 4.74 Å². The minimum atomic E-state index is 0.537. The molecule has 1 unspecified atom stereocenters. The molecule has 3 aliphatic carbocycles. The average molecular weight is 291 g/mol. The van der Waals surface area contributed by atoms with Crippen LogP contribution in [0.25, 0.3) is 0 Å². The van der Waals surface area contributed by atoms with Crippen LogP contribution in [-0.2, 0) is 4.74 Å². The summed E-state index contributed by atoms with van der Waals surface area (Å²) >= 11 is 0. The number of fused-ring (bicyclic) bond motifs is 1. The van der Waals surface area contributed by atoms with Crippen molar-refractivity contribution in [2.75, 3.05) is 26.3 Å². The van der Waals surface area contributed by atoms with Crippen LogP contribution in [0.15, 0.2) is 48.5 Å². The van der Waals surface area contributed by atoms with Crippen LogP contribution in [0.2, 0.25) is 0 Å². The summed E-state index contributed by atoms with van der Waals surface area (Å²) in [6.45, 7) is 3.94. The third-order valence-electron chi connectivity index (χ3n) is 5.79. The Kier molecular flexibility index (Phi) is 2.89. The number of hydrogen-bond donors (Lipinski definition) is 0. The highest BCUT2D eigenvalue weighted by Crippen LogP contribution is 2.53. The molecule has 1 aliphatic heterocycles. The first-order valence-electron chi connectivity index (χ1n) is 8.43. The quantitative estimate of drug-likeness (QED) is 0.799. The lowest BCUT2D eigenvalue weighted by molar-refractivity contribution is 0.00675. The molecule has 112 valence electrons. The standard InChI is InChI=1S/C20H21NO/c1-3-7-16-14(5-1)18-13-19(21-9-11-22-12-10-21)20(16)17-8-4-2-6-15(17)18/h1-8,18-20H,9-13H2. The van der Waals surface area contributed by atoms with Gasteiger partial charge in [0.1, 0.15) is 0 Å². The van der Waals surface area contributed by atoms with Gasteiger partial charge in [-0.3, -0.25) is 4.90 Å². The maximum atomic E-state index is 5.57. The largest absolute Gasteiger partial charge is 0.379 e. The Morgan fingerprint density at radius 2 is 1.32 bits per heavy atom. The summed E-state index contributed by atoms with van der Waals surface area (Å²) in [6, 6.07) is 18.9. The molecule has 2 nitrogen and oxygen atoms in total. The van der Waals surface area contributed by atoms with Gasteiger partial charge < -0.3 is 4.74 Å². The van der Waals surface area contributed by atoms with Gasteiger partial charge in [0.2, 0.25) is 0 Å². The fraction of sp³-hybridized carbons (Fsp3) is 0.400. The summed E-state index contributed by atoms with van der Waals surface area (Å²) < 4.78 is 5.57. The number of morpholine rings is 1. The van der Waals surface area contributed by atoms with Gasteiger partial charge >= 0.3 is 0 Å². The highest BCUT2D eigenvalue weighted by molar-refractivity contribution is 5.56. The molecule has 22 heavy (non-hydrogen) atoms. The Morgan fingerprint density at radius 1 is 0.773 bits per heavy atom. The predicted molar refractivity (Wildman–Crippen MR) is 87.4 cm³/mol. The summed E-state index contributed by atoms with van der Waals surface area (Å²) in [5.74, 6) is 1.11. The monoisotopic (exact) mass is 291 g/mol. The Labute approximate surface area is 131 Å². The molecule has 1 atom stereocenters. The lowest BCUT2D eigenvalue weighted by Gasteiger charge is -2.50. The minimum absolute atomic E-state index is 0.537. The summed E-state index contributed by atoms with van der Waals surface area (Å²) in [7, 11) is 0. The second-order valence-electron chi connectivity index (χ2n) is 6.74. The minimum Gasteiger partial charge on any atom is -0.379 e. The van der Waals surface area contributed by atoms with E-state index in [1.165, 1.54) is 6.42 Å². The van der Waals surface area contributed by atoms with Crippen molar-refractivity contribution in [1.29, 1.82) is 0 Å². The van der Waals surface area contributed by atoms with Gasteiger partial charge in [0.15, 0.2) is 0 Å². The van der Waals surface area contributed by atoms with E-state index in [0.29, 0.717) is 17.9 Å². The fourth-order valence-electron chi connectivity index (χ4n) is 4.87. The van der Waals surface area contributed by atoms with Crippen LogP contribution in [0.5, 0.6) is 0 Å². The Bertz CT molecular complexity index is 657. The van der Waals surface area contributed by atoms with Crippen molar-refractivity contribution in [3.8, 4) is 0 Å². The van der Waals surface area contributed by atoms with Gasteiger partial charge in [0.05, 0.1) is 13.2 Å². The zero-order valence-corrected chi connectivity index (χ0v) is 12.7. The third-order valence-corrected chi connectivity index (χ3v) is 5.79. The van der Waals surface area contributed by atoms with Crippen molar-refractivity contribution in [2.45, 2.75) is 24.3 Å². The smallest absolute Gasteiger partial charge is 0.0594 e. The first-order valence-corrected chi connectivity index (χ1v) is 8.43. The molecule has 1 fully saturated rings. The normalized spacial score (nSPS) is 29.9. The molecule has 1 heterocycles.